The van der Waals surface area contributed by atoms with E-state index in [0.29, 0.717) is 36.2 Å². The van der Waals surface area contributed by atoms with Gasteiger partial charge in [0.25, 0.3) is 5.91 Å². The van der Waals surface area contributed by atoms with E-state index >= 15 is 0 Å². The number of ether oxygens (including phenoxy) is 1. The van der Waals surface area contributed by atoms with Crippen molar-refractivity contribution >= 4 is 47.0 Å². The number of benzene rings is 1. The molecule has 4 rings (SSSR count). The van der Waals surface area contributed by atoms with Crippen LogP contribution in [0.15, 0.2) is 53.5 Å². The summed E-state index contributed by atoms with van der Waals surface area (Å²) in [6.07, 6.45) is 9.67. The molecule has 0 N–H and O–H groups in total. The Kier molecular flexibility index (Phi) is 5.80. The minimum Gasteiger partial charge on any atom is -0.378 e. The Morgan fingerprint density at radius 3 is 2.93 bits per heavy atom. The number of morpholine rings is 1. The van der Waals surface area contributed by atoms with Crippen molar-refractivity contribution in [2.45, 2.75) is 5.25 Å². The highest BCUT2D eigenvalue weighted by Crippen LogP contribution is 2.33. The van der Waals surface area contributed by atoms with Crippen LogP contribution in [0, 0.1) is 0 Å². The number of fused-ring (bicyclic) bond motifs is 1. The fraction of sp³-hybridized carbons (Fsp3) is 0.286. The summed E-state index contributed by atoms with van der Waals surface area (Å²) in [6, 6.07) is 7.38. The molecule has 2 aliphatic heterocycles. The Labute approximate surface area is 173 Å². The lowest BCUT2D eigenvalue weighted by molar-refractivity contribution is -0.435. The first-order valence-electron chi connectivity index (χ1n) is 9.15. The molecule has 1 fully saturated rings. The first-order valence-corrected chi connectivity index (χ1v) is 10.4. The van der Waals surface area contributed by atoms with Gasteiger partial charge in [-0.25, -0.2) is 4.79 Å². The van der Waals surface area contributed by atoms with Crippen LogP contribution >= 0.6 is 23.4 Å². The van der Waals surface area contributed by atoms with Crippen molar-refractivity contribution in [3.8, 4) is 0 Å². The lowest BCUT2D eigenvalue weighted by atomic mass is 10.1. The number of carbonyl (C=O) groups is 2. The Bertz CT molecular complexity index is 929. The van der Waals surface area contributed by atoms with Gasteiger partial charge in [0, 0.05) is 24.2 Å². The van der Waals surface area contributed by atoms with Crippen LogP contribution in [0.1, 0.15) is 5.56 Å². The number of halogens is 1. The summed E-state index contributed by atoms with van der Waals surface area (Å²) >= 11 is 7.57. The van der Waals surface area contributed by atoms with Crippen LogP contribution in [0.4, 0.5) is 0 Å². The van der Waals surface area contributed by atoms with E-state index in [1.54, 1.807) is 15.5 Å². The fourth-order valence-corrected chi connectivity index (χ4v) is 4.73. The maximum absolute atomic E-state index is 13.2. The molecule has 1 saturated heterocycles. The molecule has 0 saturated carbocycles. The number of hydrogen-bond acceptors (Lipinski definition) is 4. The van der Waals surface area contributed by atoms with Gasteiger partial charge in [0.1, 0.15) is 10.2 Å². The third-order valence-electron chi connectivity index (χ3n) is 4.78. The van der Waals surface area contributed by atoms with Gasteiger partial charge in [-0.15, -0.1) is 4.58 Å². The van der Waals surface area contributed by atoms with Gasteiger partial charge < -0.3 is 9.64 Å². The number of carbonyl (C=O) groups excluding carboxylic acids is 2. The third kappa shape index (κ3) is 4.14. The van der Waals surface area contributed by atoms with E-state index in [9.17, 15) is 9.59 Å². The van der Waals surface area contributed by atoms with Crippen molar-refractivity contribution in [1.82, 2.24) is 4.90 Å². The number of nitrogens with zero attached hydrogens (tertiary/aromatic N) is 2. The molecule has 0 spiro atoms. The van der Waals surface area contributed by atoms with Gasteiger partial charge in [0.05, 0.1) is 13.2 Å². The number of amides is 2. The Hall–Kier alpha value is -2.15. The summed E-state index contributed by atoms with van der Waals surface area (Å²) in [4.78, 5) is 28.4. The summed E-state index contributed by atoms with van der Waals surface area (Å²) < 4.78 is 6.92. The van der Waals surface area contributed by atoms with Crippen LogP contribution in [-0.4, -0.2) is 65.1 Å². The van der Waals surface area contributed by atoms with Crippen molar-refractivity contribution in [3.63, 3.8) is 0 Å². The normalized spacial score (nSPS) is 23.3. The molecule has 2 amide bonds. The molecule has 1 aromatic rings. The predicted octanol–water partition coefficient (Wildman–Crippen LogP) is 2.76. The van der Waals surface area contributed by atoms with Gasteiger partial charge in [-0.05, 0) is 23.8 Å². The molecule has 1 aliphatic carbocycles. The highest BCUT2D eigenvalue weighted by molar-refractivity contribution is 8.05. The number of rotatable bonds is 3. The van der Waals surface area contributed by atoms with E-state index in [-0.39, 0.29) is 23.6 Å². The van der Waals surface area contributed by atoms with E-state index in [1.807, 2.05) is 48.6 Å². The maximum Gasteiger partial charge on any atom is 0.426 e. The van der Waals surface area contributed by atoms with Crippen LogP contribution < -0.4 is 0 Å². The maximum atomic E-state index is 13.2. The summed E-state index contributed by atoms with van der Waals surface area (Å²) in [5, 5.41) is 0.625. The zero-order chi connectivity index (χ0) is 19.5. The summed E-state index contributed by atoms with van der Waals surface area (Å²) in [6.45, 7) is 2.25. The molecule has 0 aromatic heterocycles. The molecule has 3 aliphatic rings. The number of allylic oxidation sites excluding steroid dienone is 3. The molecule has 144 valence electrons. The molecule has 0 bridgehead atoms. The fourth-order valence-electron chi connectivity index (χ4n) is 3.35. The standard InChI is InChI=1S/C21H20ClN2O3S/c22-16-5-3-4-15(12-16)13-19-21(26)24(17-6-1-2-7-18(17)28-19)14-20(25)23-8-10-27-11-9-23/h1-7,12-13,18H,8-11,14H2/q+1/b19-13+. The van der Waals surface area contributed by atoms with E-state index in [1.165, 1.54) is 11.8 Å². The topological polar surface area (TPSA) is 49.6 Å². The van der Waals surface area contributed by atoms with Crippen LogP contribution in [0.3, 0.4) is 0 Å². The van der Waals surface area contributed by atoms with Crippen molar-refractivity contribution in [3.05, 3.63) is 64.1 Å². The molecule has 0 radical (unpaired) electrons. The third-order valence-corrected chi connectivity index (χ3v) is 6.21. The van der Waals surface area contributed by atoms with Gasteiger partial charge in [0.2, 0.25) is 12.3 Å². The molecule has 1 aromatic carbocycles. The minimum atomic E-state index is -0.155. The predicted molar refractivity (Wildman–Crippen MR) is 112 cm³/mol. The van der Waals surface area contributed by atoms with E-state index in [2.05, 4.69) is 0 Å². The molecule has 1 unspecified atom stereocenters. The largest absolute Gasteiger partial charge is 0.426 e. The molecule has 5 nitrogen and oxygen atoms in total. The Balaban J connectivity index is 1.65. The van der Waals surface area contributed by atoms with Gasteiger partial charge in [-0.3, -0.25) is 4.79 Å². The summed E-state index contributed by atoms with van der Waals surface area (Å²) in [5.41, 5.74) is 1.71. The zero-order valence-electron chi connectivity index (χ0n) is 15.2. The summed E-state index contributed by atoms with van der Waals surface area (Å²) in [5.74, 6) is -0.211. The van der Waals surface area contributed by atoms with Crippen LogP contribution in [0.2, 0.25) is 5.02 Å². The van der Waals surface area contributed by atoms with Gasteiger partial charge in [0.15, 0.2) is 0 Å². The number of hydrogen-bond donors (Lipinski definition) is 0. The average molecular weight is 416 g/mol. The minimum absolute atomic E-state index is 0.00521. The van der Waals surface area contributed by atoms with Gasteiger partial charge in [-0.2, -0.15) is 0 Å². The SMILES string of the molecule is O=C(C[N+]1=C2C=CC=CC2S/C(=C/c2cccc(Cl)c2)C1=O)N1CCOCC1. The van der Waals surface area contributed by atoms with Gasteiger partial charge in [-0.1, -0.05) is 53.7 Å². The van der Waals surface area contributed by atoms with E-state index in [0.717, 1.165) is 11.3 Å². The monoisotopic (exact) mass is 415 g/mol. The van der Waals surface area contributed by atoms with Crippen molar-refractivity contribution in [1.29, 1.82) is 0 Å². The molecular formula is C21H20ClN2O3S+. The Morgan fingerprint density at radius 2 is 2.14 bits per heavy atom. The van der Waals surface area contributed by atoms with Crippen LogP contribution in [-0.2, 0) is 14.3 Å². The smallest absolute Gasteiger partial charge is 0.378 e. The first-order chi connectivity index (χ1) is 13.6. The Morgan fingerprint density at radius 1 is 1.32 bits per heavy atom. The van der Waals surface area contributed by atoms with Crippen LogP contribution in [0.5, 0.6) is 0 Å². The molecule has 2 heterocycles. The molecular weight excluding hydrogens is 396 g/mol. The van der Waals surface area contributed by atoms with E-state index in [4.69, 9.17) is 16.3 Å². The van der Waals surface area contributed by atoms with Gasteiger partial charge >= 0.3 is 5.91 Å². The molecule has 28 heavy (non-hydrogen) atoms. The van der Waals surface area contributed by atoms with Crippen molar-refractivity contribution in [2.24, 2.45) is 0 Å². The highest BCUT2D eigenvalue weighted by atomic mass is 35.5. The number of thioether (sulfide) groups is 1. The second-order valence-electron chi connectivity index (χ2n) is 6.66. The molecule has 7 heteroatoms. The highest BCUT2D eigenvalue weighted by Gasteiger charge is 2.40. The lowest BCUT2D eigenvalue weighted by Crippen LogP contribution is -2.47. The van der Waals surface area contributed by atoms with Crippen LogP contribution in [0.25, 0.3) is 6.08 Å². The quantitative estimate of drug-likeness (QED) is 0.562. The second kappa shape index (κ2) is 8.47. The summed E-state index contributed by atoms with van der Waals surface area (Å²) in [7, 11) is 0. The van der Waals surface area contributed by atoms with Crippen molar-refractivity contribution in [2.75, 3.05) is 32.8 Å². The van der Waals surface area contributed by atoms with E-state index < -0.39 is 0 Å². The second-order valence-corrected chi connectivity index (χ2v) is 8.28. The average Bonchev–Trinajstić information content (AvgIpc) is 2.71. The molecule has 1 atom stereocenters. The lowest BCUT2D eigenvalue weighted by Gasteiger charge is -2.27. The first kappa shape index (κ1) is 19.2. The zero-order valence-corrected chi connectivity index (χ0v) is 16.8. The van der Waals surface area contributed by atoms with Crippen molar-refractivity contribution < 1.29 is 18.9 Å².